The summed E-state index contributed by atoms with van der Waals surface area (Å²) in [4.78, 5) is 2.63. The molecule has 1 aliphatic carbocycles. The van der Waals surface area contributed by atoms with Crippen molar-refractivity contribution < 1.29 is 0 Å². The molecule has 3 atom stereocenters. The van der Waals surface area contributed by atoms with Crippen molar-refractivity contribution in [3.05, 3.63) is 0 Å². The number of likely N-dealkylation sites (N-methyl/N-ethyl adjacent to an activating group) is 1. The maximum Gasteiger partial charge on any atom is 0.0221 e. The molecule has 2 heteroatoms. The molecule has 2 nitrogen and oxygen atoms in total. The van der Waals surface area contributed by atoms with Gasteiger partial charge in [0.25, 0.3) is 0 Å². The van der Waals surface area contributed by atoms with Crippen LogP contribution in [-0.2, 0) is 0 Å². The minimum absolute atomic E-state index is 0.810. The molecule has 0 radical (unpaired) electrons. The van der Waals surface area contributed by atoms with E-state index in [1.54, 1.807) is 0 Å². The van der Waals surface area contributed by atoms with Crippen LogP contribution in [0.1, 0.15) is 46.0 Å². The van der Waals surface area contributed by atoms with E-state index in [1.807, 2.05) is 0 Å². The molecular formula is C13H26N2. The average molecular weight is 210 g/mol. The Morgan fingerprint density at radius 2 is 2.07 bits per heavy atom. The Morgan fingerprint density at radius 3 is 2.73 bits per heavy atom. The van der Waals surface area contributed by atoms with Gasteiger partial charge in [-0.2, -0.15) is 0 Å². The monoisotopic (exact) mass is 210 g/mol. The van der Waals surface area contributed by atoms with E-state index < -0.39 is 0 Å². The van der Waals surface area contributed by atoms with E-state index in [9.17, 15) is 0 Å². The zero-order chi connectivity index (χ0) is 10.7. The quantitative estimate of drug-likeness (QED) is 0.765. The molecule has 88 valence electrons. The average Bonchev–Trinajstić information content (AvgIpc) is 2.83. The second-order valence-electron chi connectivity index (χ2n) is 5.35. The van der Waals surface area contributed by atoms with Crippen molar-refractivity contribution in [2.45, 2.75) is 58.0 Å². The van der Waals surface area contributed by atoms with Gasteiger partial charge in [0.05, 0.1) is 0 Å². The Kier molecular flexibility index (Phi) is 4.04. The van der Waals surface area contributed by atoms with E-state index in [-0.39, 0.29) is 0 Å². The summed E-state index contributed by atoms with van der Waals surface area (Å²) in [5, 5.41) is 3.80. The molecule has 0 unspecified atom stereocenters. The smallest absolute Gasteiger partial charge is 0.0221 e. The van der Waals surface area contributed by atoms with Crippen LogP contribution >= 0.6 is 0 Å². The molecule has 2 rings (SSSR count). The Balaban J connectivity index is 1.72. The molecule has 0 spiro atoms. The summed E-state index contributed by atoms with van der Waals surface area (Å²) >= 11 is 0. The van der Waals surface area contributed by atoms with Crippen LogP contribution in [0.3, 0.4) is 0 Å². The summed E-state index contributed by atoms with van der Waals surface area (Å²) in [5.74, 6) is 0.904. The molecule has 1 saturated carbocycles. The minimum Gasteiger partial charge on any atom is -0.312 e. The van der Waals surface area contributed by atoms with Crippen LogP contribution in [0.25, 0.3) is 0 Å². The molecule has 1 N–H and O–H groups in total. The number of nitrogens with one attached hydrogen (secondary N) is 1. The Morgan fingerprint density at radius 1 is 1.20 bits per heavy atom. The highest BCUT2D eigenvalue weighted by atomic mass is 15.2. The summed E-state index contributed by atoms with van der Waals surface area (Å²) in [5.41, 5.74) is 0. The molecule has 0 amide bonds. The van der Waals surface area contributed by atoms with Gasteiger partial charge in [0, 0.05) is 18.6 Å². The van der Waals surface area contributed by atoms with Crippen LogP contribution in [0.2, 0.25) is 0 Å². The standard InChI is InChI=1S/C13H26N2/c1-3-15-9-5-7-12(15)10-14-13-8-4-6-11(13)2/h11-14H,3-10H2,1-2H3/t11-,12-,13+/m0/s1. The van der Waals surface area contributed by atoms with Crippen LogP contribution in [0.4, 0.5) is 0 Å². The van der Waals surface area contributed by atoms with Crippen molar-refractivity contribution in [3.8, 4) is 0 Å². The molecule has 1 aliphatic heterocycles. The van der Waals surface area contributed by atoms with E-state index in [0.717, 1.165) is 18.0 Å². The second kappa shape index (κ2) is 5.31. The zero-order valence-corrected chi connectivity index (χ0v) is 10.3. The van der Waals surface area contributed by atoms with Crippen molar-refractivity contribution in [2.75, 3.05) is 19.6 Å². The summed E-state index contributed by atoms with van der Waals surface area (Å²) in [6.45, 7) is 8.46. The fourth-order valence-corrected chi connectivity index (χ4v) is 3.28. The normalized spacial score (nSPS) is 37.6. The number of hydrogen-bond acceptors (Lipinski definition) is 2. The molecule has 0 aromatic heterocycles. The first kappa shape index (κ1) is 11.4. The largest absolute Gasteiger partial charge is 0.312 e. The fourth-order valence-electron chi connectivity index (χ4n) is 3.28. The number of likely N-dealkylation sites (tertiary alicyclic amines) is 1. The van der Waals surface area contributed by atoms with Gasteiger partial charge in [-0.3, -0.25) is 4.90 Å². The third kappa shape index (κ3) is 2.73. The molecule has 1 heterocycles. The van der Waals surface area contributed by atoms with E-state index in [1.165, 1.54) is 51.7 Å². The van der Waals surface area contributed by atoms with E-state index in [0.29, 0.717) is 0 Å². The van der Waals surface area contributed by atoms with E-state index in [2.05, 4.69) is 24.1 Å². The highest BCUT2D eigenvalue weighted by molar-refractivity contribution is 4.85. The van der Waals surface area contributed by atoms with Gasteiger partial charge in [-0.05, 0) is 44.7 Å². The molecule has 0 aromatic rings. The SMILES string of the molecule is CCN1CCC[C@H]1CN[C@@H]1CCC[C@@H]1C. The van der Waals surface area contributed by atoms with Crippen LogP contribution in [0.5, 0.6) is 0 Å². The predicted molar refractivity (Wildman–Crippen MR) is 65.1 cm³/mol. The Bertz CT molecular complexity index is 193. The van der Waals surface area contributed by atoms with Crippen LogP contribution in [-0.4, -0.2) is 36.6 Å². The number of rotatable bonds is 4. The lowest BCUT2D eigenvalue weighted by Crippen LogP contribution is -2.42. The first-order chi connectivity index (χ1) is 7.31. The van der Waals surface area contributed by atoms with Gasteiger partial charge in [-0.1, -0.05) is 20.3 Å². The van der Waals surface area contributed by atoms with Crippen molar-refractivity contribution in [1.29, 1.82) is 0 Å². The van der Waals surface area contributed by atoms with Crippen LogP contribution < -0.4 is 5.32 Å². The van der Waals surface area contributed by atoms with Gasteiger partial charge in [-0.25, -0.2) is 0 Å². The summed E-state index contributed by atoms with van der Waals surface area (Å²) < 4.78 is 0. The predicted octanol–water partition coefficient (Wildman–Crippen LogP) is 2.25. The Hall–Kier alpha value is -0.0800. The Labute approximate surface area is 94.4 Å². The summed E-state index contributed by atoms with van der Waals surface area (Å²) in [6.07, 6.45) is 7.07. The van der Waals surface area contributed by atoms with Gasteiger partial charge in [0.1, 0.15) is 0 Å². The lowest BCUT2D eigenvalue weighted by Gasteiger charge is -2.26. The third-order valence-electron chi connectivity index (χ3n) is 4.38. The molecule has 2 fully saturated rings. The maximum absolute atomic E-state index is 3.80. The van der Waals surface area contributed by atoms with Gasteiger partial charge in [0.2, 0.25) is 0 Å². The van der Waals surface area contributed by atoms with Crippen molar-refractivity contribution >= 4 is 0 Å². The molecular weight excluding hydrogens is 184 g/mol. The number of nitrogens with zero attached hydrogens (tertiary/aromatic N) is 1. The van der Waals surface area contributed by atoms with Crippen molar-refractivity contribution in [2.24, 2.45) is 5.92 Å². The minimum atomic E-state index is 0.810. The van der Waals surface area contributed by atoms with Crippen LogP contribution in [0.15, 0.2) is 0 Å². The fraction of sp³-hybridized carbons (Fsp3) is 1.00. The number of hydrogen-bond donors (Lipinski definition) is 1. The van der Waals surface area contributed by atoms with Gasteiger partial charge < -0.3 is 5.32 Å². The zero-order valence-electron chi connectivity index (χ0n) is 10.3. The lowest BCUT2D eigenvalue weighted by atomic mass is 10.1. The van der Waals surface area contributed by atoms with Gasteiger partial charge >= 0.3 is 0 Å². The first-order valence-electron chi connectivity index (χ1n) is 6.78. The molecule has 1 saturated heterocycles. The highest BCUT2D eigenvalue weighted by Crippen LogP contribution is 2.25. The summed E-state index contributed by atoms with van der Waals surface area (Å²) in [7, 11) is 0. The topological polar surface area (TPSA) is 15.3 Å². The highest BCUT2D eigenvalue weighted by Gasteiger charge is 2.26. The summed E-state index contributed by atoms with van der Waals surface area (Å²) in [6, 6.07) is 1.63. The van der Waals surface area contributed by atoms with Crippen LogP contribution in [0, 0.1) is 5.92 Å². The first-order valence-corrected chi connectivity index (χ1v) is 6.78. The lowest BCUT2D eigenvalue weighted by molar-refractivity contribution is 0.248. The van der Waals surface area contributed by atoms with Crippen molar-refractivity contribution in [3.63, 3.8) is 0 Å². The van der Waals surface area contributed by atoms with Gasteiger partial charge in [0.15, 0.2) is 0 Å². The van der Waals surface area contributed by atoms with E-state index in [4.69, 9.17) is 0 Å². The molecule has 2 aliphatic rings. The maximum atomic E-state index is 3.80. The van der Waals surface area contributed by atoms with Crippen molar-refractivity contribution in [1.82, 2.24) is 10.2 Å². The molecule has 15 heavy (non-hydrogen) atoms. The van der Waals surface area contributed by atoms with E-state index >= 15 is 0 Å². The van der Waals surface area contributed by atoms with Gasteiger partial charge in [-0.15, -0.1) is 0 Å². The third-order valence-corrected chi connectivity index (χ3v) is 4.38. The molecule has 0 bridgehead atoms. The second-order valence-corrected chi connectivity index (χ2v) is 5.35. The molecule has 0 aromatic carbocycles.